The number of hydrogen-bond acceptors (Lipinski definition) is 4. The van der Waals surface area contributed by atoms with Crippen molar-refractivity contribution in [1.82, 2.24) is 0 Å². The third kappa shape index (κ3) is 8.11. The normalized spacial score (nSPS) is 17.9. The Morgan fingerprint density at radius 3 is 2.14 bits per heavy atom. The number of halogens is 3. The second-order valence-corrected chi connectivity index (χ2v) is 10.6. The van der Waals surface area contributed by atoms with Gasteiger partial charge < -0.3 is 15.1 Å². The van der Waals surface area contributed by atoms with Gasteiger partial charge in [0.1, 0.15) is 0 Å². The molecule has 1 aromatic heterocycles. The van der Waals surface area contributed by atoms with E-state index in [1.165, 1.54) is 23.5 Å². The molecule has 1 saturated carbocycles. The van der Waals surface area contributed by atoms with Crippen LogP contribution in [0.2, 0.25) is 0 Å². The van der Waals surface area contributed by atoms with Crippen LogP contribution in [0, 0.1) is 24.2 Å². The molecule has 3 rings (SSSR count). The largest absolute Gasteiger partial charge is 0.483 e. The minimum Gasteiger partial charge on any atom is -0.483 e. The SMILES string of the molecule is Cc1sc(C#CC(C)(C)C)cc1N(C(=O)c1ccc(C(F)(F)F)cc1)C1CCC(O)CC1.O=CO. The van der Waals surface area contributed by atoms with Crippen LogP contribution in [0.15, 0.2) is 30.3 Å². The van der Waals surface area contributed by atoms with Gasteiger partial charge in [-0.3, -0.25) is 9.59 Å². The fraction of sp³-hybridized carbons (Fsp3) is 0.462. The highest BCUT2D eigenvalue weighted by Gasteiger charge is 2.33. The molecular weight excluding hydrogens is 479 g/mol. The van der Waals surface area contributed by atoms with Crippen molar-refractivity contribution in [2.24, 2.45) is 5.41 Å². The maximum absolute atomic E-state index is 13.5. The lowest BCUT2D eigenvalue weighted by Gasteiger charge is -2.36. The molecule has 35 heavy (non-hydrogen) atoms. The van der Waals surface area contributed by atoms with Gasteiger partial charge in [0.2, 0.25) is 0 Å². The number of carbonyl (C=O) groups excluding carboxylic acids is 1. The van der Waals surface area contributed by atoms with E-state index in [1.54, 1.807) is 4.90 Å². The van der Waals surface area contributed by atoms with Gasteiger partial charge in [-0.15, -0.1) is 11.3 Å². The zero-order valence-electron chi connectivity index (χ0n) is 20.1. The molecule has 2 aromatic rings. The number of aryl methyl sites for hydroxylation is 1. The van der Waals surface area contributed by atoms with Crippen LogP contribution < -0.4 is 4.90 Å². The second-order valence-electron chi connectivity index (χ2n) is 9.37. The van der Waals surface area contributed by atoms with E-state index in [-0.39, 0.29) is 35.5 Å². The van der Waals surface area contributed by atoms with Crippen LogP contribution in [0.1, 0.15) is 72.1 Å². The third-order valence-corrected chi connectivity index (χ3v) is 6.38. The summed E-state index contributed by atoms with van der Waals surface area (Å²) in [6.45, 7) is 7.74. The number of aliphatic hydroxyl groups excluding tert-OH is 1. The van der Waals surface area contributed by atoms with E-state index in [2.05, 4.69) is 11.8 Å². The fourth-order valence-electron chi connectivity index (χ4n) is 3.75. The van der Waals surface area contributed by atoms with E-state index in [4.69, 9.17) is 9.90 Å². The minimum atomic E-state index is -4.45. The average Bonchev–Trinajstić information content (AvgIpc) is 3.13. The van der Waals surface area contributed by atoms with Crippen LogP contribution in [0.25, 0.3) is 0 Å². The zero-order valence-corrected chi connectivity index (χ0v) is 21.0. The highest BCUT2D eigenvalue weighted by atomic mass is 32.1. The Bertz CT molecular complexity index is 1070. The van der Waals surface area contributed by atoms with Gasteiger partial charge in [-0.05, 0) is 83.7 Å². The number of rotatable bonds is 3. The molecule has 5 nitrogen and oxygen atoms in total. The summed E-state index contributed by atoms with van der Waals surface area (Å²) in [5.74, 6) is 6.04. The molecule has 0 saturated heterocycles. The summed E-state index contributed by atoms with van der Waals surface area (Å²) < 4.78 is 38.9. The molecule has 1 fully saturated rings. The molecule has 9 heteroatoms. The number of thiophene rings is 1. The quantitative estimate of drug-likeness (QED) is 0.386. The minimum absolute atomic E-state index is 0.134. The number of carboxylic acid groups (broad SMARTS) is 1. The van der Waals surface area contributed by atoms with Crippen LogP contribution in [0.5, 0.6) is 0 Å². The van der Waals surface area contributed by atoms with E-state index in [9.17, 15) is 23.1 Å². The van der Waals surface area contributed by atoms with Gasteiger partial charge in [0.15, 0.2) is 0 Å². The lowest BCUT2D eigenvalue weighted by atomic mass is 9.91. The van der Waals surface area contributed by atoms with E-state index < -0.39 is 11.7 Å². The lowest BCUT2D eigenvalue weighted by molar-refractivity contribution is -0.137. The summed E-state index contributed by atoms with van der Waals surface area (Å²) >= 11 is 1.50. The van der Waals surface area contributed by atoms with Gasteiger partial charge in [-0.1, -0.05) is 11.8 Å². The highest BCUT2D eigenvalue weighted by molar-refractivity contribution is 7.13. The van der Waals surface area contributed by atoms with Crippen molar-refractivity contribution >= 4 is 29.4 Å². The number of carbonyl (C=O) groups is 2. The molecule has 1 amide bonds. The van der Waals surface area contributed by atoms with E-state index in [0.29, 0.717) is 25.7 Å². The predicted octanol–water partition coefficient (Wildman–Crippen LogP) is 6.12. The number of alkyl halides is 3. The first-order chi connectivity index (χ1) is 16.3. The van der Waals surface area contributed by atoms with E-state index in [1.807, 2.05) is 33.8 Å². The molecule has 0 spiro atoms. The Hall–Kier alpha value is -2.83. The van der Waals surface area contributed by atoms with Crippen LogP contribution >= 0.6 is 11.3 Å². The molecule has 190 valence electrons. The van der Waals surface area contributed by atoms with Crippen molar-refractivity contribution in [3.8, 4) is 11.8 Å². The van der Waals surface area contributed by atoms with E-state index >= 15 is 0 Å². The monoisotopic (exact) mass is 509 g/mol. The highest BCUT2D eigenvalue weighted by Crippen LogP contribution is 2.36. The standard InChI is InChI=1S/C25H28F3NO2S.CH2O2/c1-16-22(15-21(32-16)13-14-24(2,3)4)29(19-9-11-20(30)12-10-19)23(31)17-5-7-18(8-6-17)25(26,27)28;2-1-3/h5-8,15,19-20,30H,9-12H2,1-4H3;1H,(H,2,3). The number of amides is 1. The second kappa shape index (κ2) is 11.7. The smallest absolute Gasteiger partial charge is 0.416 e. The van der Waals surface area contributed by atoms with Crippen LogP contribution in [0.4, 0.5) is 18.9 Å². The van der Waals surface area contributed by atoms with Gasteiger partial charge in [0.05, 0.1) is 22.2 Å². The first kappa shape index (κ1) is 28.4. The summed E-state index contributed by atoms with van der Waals surface area (Å²) in [6, 6.07) is 6.11. The molecule has 2 N–H and O–H groups in total. The Balaban J connectivity index is 0.00000137. The first-order valence-corrected chi connectivity index (χ1v) is 12.0. The number of aliphatic hydroxyl groups is 1. The number of benzene rings is 1. The summed E-state index contributed by atoms with van der Waals surface area (Å²) in [7, 11) is 0. The van der Waals surface area contributed by atoms with Crippen molar-refractivity contribution in [3.05, 3.63) is 51.2 Å². The topological polar surface area (TPSA) is 77.8 Å². The maximum atomic E-state index is 13.5. The average molecular weight is 510 g/mol. The summed E-state index contributed by atoms with van der Waals surface area (Å²) in [4.78, 5) is 25.3. The van der Waals surface area contributed by atoms with Gasteiger partial charge in [-0.25, -0.2) is 0 Å². The Morgan fingerprint density at radius 2 is 1.66 bits per heavy atom. The first-order valence-electron chi connectivity index (χ1n) is 11.2. The summed E-state index contributed by atoms with van der Waals surface area (Å²) in [6.07, 6.45) is -2.41. The molecular formula is C26H30F3NO4S. The Morgan fingerprint density at radius 1 is 1.11 bits per heavy atom. The van der Waals surface area contributed by atoms with Gasteiger partial charge in [0, 0.05) is 21.9 Å². The molecule has 1 aromatic carbocycles. The molecule has 0 atom stereocenters. The van der Waals surface area contributed by atoms with Crippen LogP contribution in [-0.4, -0.2) is 34.7 Å². The summed E-state index contributed by atoms with van der Waals surface area (Å²) in [5.41, 5.74) is -0.00258. The number of hydrogen-bond donors (Lipinski definition) is 2. The van der Waals surface area contributed by atoms with Crippen molar-refractivity contribution < 1.29 is 33.0 Å². The van der Waals surface area contributed by atoms with Gasteiger partial charge >= 0.3 is 6.18 Å². The number of anilines is 1. The van der Waals surface area contributed by atoms with Gasteiger partial charge in [-0.2, -0.15) is 13.2 Å². The predicted molar refractivity (Wildman–Crippen MR) is 131 cm³/mol. The zero-order chi connectivity index (χ0) is 26.4. The summed E-state index contributed by atoms with van der Waals surface area (Å²) in [5, 5.41) is 16.8. The molecule has 0 unspecified atom stereocenters. The van der Waals surface area contributed by atoms with Crippen LogP contribution in [0.3, 0.4) is 0 Å². The third-order valence-electron chi connectivity index (χ3n) is 5.42. The van der Waals surface area contributed by atoms with Crippen molar-refractivity contribution in [1.29, 1.82) is 0 Å². The van der Waals surface area contributed by atoms with Crippen molar-refractivity contribution in [3.63, 3.8) is 0 Å². The van der Waals surface area contributed by atoms with E-state index in [0.717, 1.165) is 27.6 Å². The van der Waals surface area contributed by atoms with Crippen molar-refractivity contribution in [2.45, 2.75) is 71.7 Å². The molecule has 0 aliphatic heterocycles. The Kier molecular flexibility index (Phi) is 9.52. The molecule has 1 heterocycles. The number of nitrogens with zero attached hydrogens (tertiary/aromatic N) is 1. The molecule has 1 aliphatic rings. The fourth-order valence-corrected chi connectivity index (χ4v) is 4.62. The molecule has 0 bridgehead atoms. The maximum Gasteiger partial charge on any atom is 0.416 e. The van der Waals surface area contributed by atoms with Gasteiger partial charge in [0.25, 0.3) is 12.4 Å². The molecule has 0 radical (unpaired) electrons. The molecule has 1 aliphatic carbocycles. The van der Waals surface area contributed by atoms with Crippen LogP contribution in [-0.2, 0) is 11.0 Å². The van der Waals surface area contributed by atoms with Crippen molar-refractivity contribution in [2.75, 3.05) is 4.90 Å². The Labute approximate surface area is 207 Å². The lowest BCUT2D eigenvalue weighted by Crippen LogP contribution is -2.43.